The highest BCUT2D eigenvalue weighted by atomic mass is 19.1. The molecule has 4 rings (SSSR count). The SMILES string of the molecule is CCOCCCNC(=O)c1ccc2ccnc(N3CCN(c4ccccc4F)CC3)c2c1. The van der Waals surface area contributed by atoms with Crippen LogP contribution in [0.2, 0.25) is 0 Å². The van der Waals surface area contributed by atoms with Gasteiger partial charge in [-0.05, 0) is 49.1 Å². The van der Waals surface area contributed by atoms with E-state index in [1.54, 1.807) is 12.3 Å². The average Bonchev–Trinajstić information content (AvgIpc) is 2.83. The van der Waals surface area contributed by atoms with Gasteiger partial charge < -0.3 is 19.9 Å². The van der Waals surface area contributed by atoms with Crippen LogP contribution in [-0.4, -0.2) is 56.8 Å². The first-order valence-corrected chi connectivity index (χ1v) is 11.2. The number of anilines is 2. The molecule has 1 aromatic heterocycles. The lowest BCUT2D eigenvalue weighted by Gasteiger charge is -2.37. The van der Waals surface area contributed by atoms with E-state index < -0.39 is 0 Å². The number of carbonyl (C=O) groups excluding carboxylic acids is 1. The van der Waals surface area contributed by atoms with E-state index in [0.717, 1.165) is 36.1 Å². The predicted molar refractivity (Wildman–Crippen MR) is 126 cm³/mol. The quantitative estimate of drug-likeness (QED) is 0.544. The van der Waals surface area contributed by atoms with Gasteiger partial charge in [0, 0.05) is 63.1 Å². The van der Waals surface area contributed by atoms with Crippen LogP contribution in [0.25, 0.3) is 10.8 Å². The van der Waals surface area contributed by atoms with Crippen LogP contribution in [0.5, 0.6) is 0 Å². The van der Waals surface area contributed by atoms with Crippen LogP contribution >= 0.6 is 0 Å². The van der Waals surface area contributed by atoms with Crippen LogP contribution in [0.3, 0.4) is 0 Å². The lowest BCUT2D eigenvalue weighted by Crippen LogP contribution is -2.47. The summed E-state index contributed by atoms with van der Waals surface area (Å²) in [4.78, 5) is 21.5. The monoisotopic (exact) mass is 436 g/mol. The van der Waals surface area contributed by atoms with E-state index in [4.69, 9.17) is 4.74 Å². The average molecular weight is 437 g/mol. The fraction of sp³-hybridized carbons (Fsp3) is 0.360. The summed E-state index contributed by atoms with van der Waals surface area (Å²) >= 11 is 0. The highest BCUT2D eigenvalue weighted by Gasteiger charge is 2.22. The predicted octanol–water partition coefficient (Wildman–Crippen LogP) is 3.86. The molecule has 1 aliphatic heterocycles. The number of benzene rings is 2. The Balaban J connectivity index is 1.47. The smallest absolute Gasteiger partial charge is 0.251 e. The number of fused-ring (bicyclic) bond motifs is 1. The first kappa shape index (κ1) is 22.0. The largest absolute Gasteiger partial charge is 0.382 e. The van der Waals surface area contributed by atoms with Gasteiger partial charge in [0.1, 0.15) is 11.6 Å². The number of piperazine rings is 1. The zero-order valence-corrected chi connectivity index (χ0v) is 18.4. The molecule has 6 nitrogen and oxygen atoms in total. The second-order valence-electron chi connectivity index (χ2n) is 7.80. The second-order valence-corrected chi connectivity index (χ2v) is 7.80. The van der Waals surface area contributed by atoms with Crippen molar-refractivity contribution in [2.75, 3.05) is 55.7 Å². The minimum absolute atomic E-state index is 0.0948. The fourth-order valence-corrected chi connectivity index (χ4v) is 4.04. The Kier molecular flexibility index (Phi) is 7.17. The Hall–Kier alpha value is -3.19. The number of ether oxygens (including phenoxy) is 1. The molecule has 1 amide bonds. The maximum absolute atomic E-state index is 14.2. The maximum atomic E-state index is 14.2. The molecule has 1 N–H and O–H groups in total. The summed E-state index contributed by atoms with van der Waals surface area (Å²) in [6.45, 7) is 6.73. The van der Waals surface area contributed by atoms with Gasteiger partial charge in [-0.1, -0.05) is 18.2 Å². The third kappa shape index (κ3) is 4.99. The van der Waals surface area contributed by atoms with Crippen molar-refractivity contribution in [2.45, 2.75) is 13.3 Å². The Labute approximate surface area is 188 Å². The van der Waals surface area contributed by atoms with Crippen LogP contribution in [-0.2, 0) is 4.74 Å². The normalized spacial score (nSPS) is 14.1. The van der Waals surface area contributed by atoms with Gasteiger partial charge in [-0.15, -0.1) is 0 Å². The van der Waals surface area contributed by atoms with Crippen LogP contribution in [0, 0.1) is 5.82 Å². The van der Waals surface area contributed by atoms with Gasteiger partial charge in [0.15, 0.2) is 0 Å². The molecule has 1 aliphatic rings. The number of hydrogen-bond acceptors (Lipinski definition) is 5. The molecule has 0 radical (unpaired) electrons. The van der Waals surface area contributed by atoms with Crippen molar-refractivity contribution >= 4 is 28.2 Å². The summed E-state index contributed by atoms with van der Waals surface area (Å²) in [6, 6.07) is 14.6. The molecule has 1 fully saturated rings. The molecule has 0 spiro atoms. The number of pyridine rings is 1. The van der Waals surface area contributed by atoms with Gasteiger partial charge in [0.2, 0.25) is 0 Å². The summed E-state index contributed by atoms with van der Waals surface area (Å²) < 4.78 is 19.5. The second kappa shape index (κ2) is 10.4. The molecule has 0 bridgehead atoms. The van der Waals surface area contributed by atoms with Crippen LogP contribution in [0.4, 0.5) is 15.9 Å². The van der Waals surface area contributed by atoms with Gasteiger partial charge in [0.25, 0.3) is 5.91 Å². The van der Waals surface area contributed by atoms with E-state index in [2.05, 4.69) is 20.1 Å². The Morgan fingerprint density at radius 3 is 2.66 bits per heavy atom. The number of aromatic nitrogens is 1. The third-order valence-electron chi connectivity index (χ3n) is 5.73. The Bertz CT molecular complexity index is 1070. The van der Waals surface area contributed by atoms with Gasteiger partial charge in [-0.25, -0.2) is 9.37 Å². The number of halogens is 1. The van der Waals surface area contributed by atoms with Gasteiger partial charge in [0.05, 0.1) is 5.69 Å². The van der Waals surface area contributed by atoms with Crippen molar-refractivity contribution in [1.29, 1.82) is 0 Å². The molecular formula is C25H29FN4O2. The lowest BCUT2D eigenvalue weighted by molar-refractivity contribution is 0.0944. The topological polar surface area (TPSA) is 57.7 Å². The molecule has 0 aliphatic carbocycles. The fourth-order valence-electron chi connectivity index (χ4n) is 4.04. The van der Waals surface area contributed by atoms with Crippen molar-refractivity contribution in [3.8, 4) is 0 Å². The van der Waals surface area contributed by atoms with Crippen LogP contribution in [0.15, 0.2) is 54.7 Å². The standard InChI is InChI=1S/C25H29FN4O2/c1-2-32-17-5-11-28-25(31)20-9-8-19-10-12-27-24(21(19)18-20)30-15-13-29(14-16-30)23-7-4-3-6-22(23)26/h3-4,6-10,12,18H,2,5,11,13-17H2,1H3,(H,28,31). The Morgan fingerprint density at radius 2 is 1.88 bits per heavy atom. The van der Waals surface area contributed by atoms with Crippen molar-refractivity contribution in [3.05, 3.63) is 66.1 Å². The van der Waals surface area contributed by atoms with E-state index in [-0.39, 0.29) is 11.7 Å². The van der Waals surface area contributed by atoms with E-state index in [1.165, 1.54) is 6.07 Å². The Morgan fingerprint density at radius 1 is 1.09 bits per heavy atom. The molecule has 168 valence electrons. The molecule has 0 saturated carbocycles. The molecular weight excluding hydrogens is 407 g/mol. The molecule has 1 saturated heterocycles. The van der Waals surface area contributed by atoms with Crippen molar-refractivity contribution in [1.82, 2.24) is 10.3 Å². The molecule has 32 heavy (non-hydrogen) atoms. The number of nitrogens with zero attached hydrogens (tertiary/aromatic N) is 3. The van der Waals surface area contributed by atoms with Gasteiger partial charge >= 0.3 is 0 Å². The highest BCUT2D eigenvalue weighted by molar-refractivity contribution is 6.01. The first-order chi connectivity index (χ1) is 15.7. The van der Waals surface area contributed by atoms with Crippen LogP contribution in [0.1, 0.15) is 23.7 Å². The third-order valence-corrected chi connectivity index (χ3v) is 5.73. The summed E-state index contributed by atoms with van der Waals surface area (Å²) in [6.07, 6.45) is 2.58. The minimum Gasteiger partial charge on any atom is -0.382 e. The molecule has 3 aromatic rings. The van der Waals surface area contributed by atoms with Crippen molar-refractivity contribution in [3.63, 3.8) is 0 Å². The molecule has 0 atom stereocenters. The zero-order valence-electron chi connectivity index (χ0n) is 18.4. The molecule has 7 heteroatoms. The highest BCUT2D eigenvalue weighted by Crippen LogP contribution is 2.28. The maximum Gasteiger partial charge on any atom is 0.251 e. The lowest BCUT2D eigenvalue weighted by atomic mass is 10.1. The summed E-state index contributed by atoms with van der Waals surface area (Å²) in [5, 5.41) is 4.95. The van der Waals surface area contributed by atoms with Crippen molar-refractivity contribution in [2.24, 2.45) is 0 Å². The molecule has 2 heterocycles. The minimum atomic E-state index is -0.193. The molecule has 0 unspecified atom stereocenters. The summed E-state index contributed by atoms with van der Waals surface area (Å²) in [5.41, 5.74) is 1.26. The van der Waals surface area contributed by atoms with Gasteiger partial charge in [-0.2, -0.15) is 0 Å². The van der Waals surface area contributed by atoms with E-state index in [9.17, 15) is 9.18 Å². The van der Waals surface area contributed by atoms with E-state index in [0.29, 0.717) is 44.1 Å². The van der Waals surface area contributed by atoms with E-state index in [1.807, 2.05) is 43.3 Å². The molecule has 2 aromatic carbocycles. The van der Waals surface area contributed by atoms with Crippen LogP contribution < -0.4 is 15.1 Å². The van der Waals surface area contributed by atoms with E-state index >= 15 is 0 Å². The number of para-hydroxylation sites is 1. The first-order valence-electron chi connectivity index (χ1n) is 11.2. The number of amides is 1. The van der Waals surface area contributed by atoms with Gasteiger partial charge in [-0.3, -0.25) is 4.79 Å². The number of carbonyl (C=O) groups is 1. The number of hydrogen-bond donors (Lipinski definition) is 1. The van der Waals surface area contributed by atoms with Crippen molar-refractivity contribution < 1.29 is 13.9 Å². The summed E-state index contributed by atoms with van der Waals surface area (Å²) in [5.74, 6) is 0.574. The zero-order chi connectivity index (χ0) is 22.3. The number of nitrogens with one attached hydrogen (secondary N) is 1. The number of rotatable bonds is 8. The summed E-state index contributed by atoms with van der Waals surface area (Å²) in [7, 11) is 0.